The second kappa shape index (κ2) is 11.5. The van der Waals surface area contributed by atoms with Crippen LogP contribution < -0.4 is 0 Å². The summed E-state index contributed by atoms with van der Waals surface area (Å²) in [5.74, 6) is 0.133. The number of aliphatic hydroxyl groups excluding tert-OH is 2. The van der Waals surface area contributed by atoms with Crippen LogP contribution in [0, 0.1) is 0 Å². The van der Waals surface area contributed by atoms with E-state index in [0.29, 0.717) is 46.1 Å². The largest absolute Gasteiger partial charge is 0.513 e. The van der Waals surface area contributed by atoms with Crippen molar-refractivity contribution in [3.8, 4) is 0 Å². The van der Waals surface area contributed by atoms with E-state index in [9.17, 15) is 0 Å². The molecule has 0 unspecified atom stereocenters. The third kappa shape index (κ3) is 13.4. The maximum Gasteiger partial charge on any atom is 0.0874 e. The van der Waals surface area contributed by atoms with E-state index in [-0.39, 0.29) is 12.4 Å². The molecule has 0 fully saturated rings. The molecule has 0 rings (SSSR count). The molecular weight excluding hydrogens is 200 g/mol. The Kier molecular flexibility index (Phi) is 11.0. The minimum absolute atomic E-state index is 0.0359. The fraction of sp³-hybridized carbons (Fsp3) is 0.800. The van der Waals surface area contributed by atoms with E-state index < -0.39 is 0 Å². The summed E-state index contributed by atoms with van der Waals surface area (Å²) in [6.07, 6.45) is 0.458. The lowest BCUT2D eigenvalue weighted by atomic mass is 10.4. The Labute approximate surface area is 90.3 Å². The SMILES string of the molecule is C=C(O)CCOCCOCCOCCO. The minimum atomic E-state index is 0.0359. The van der Waals surface area contributed by atoms with E-state index >= 15 is 0 Å². The highest BCUT2D eigenvalue weighted by Crippen LogP contribution is 1.91. The van der Waals surface area contributed by atoms with Gasteiger partial charge in [0.25, 0.3) is 0 Å². The molecule has 15 heavy (non-hydrogen) atoms. The lowest BCUT2D eigenvalue weighted by Crippen LogP contribution is -2.11. The van der Waals surface area contributed by atoms with Crippen molar-refractivity contribution in [2.45, 2.75) is 6.42 Å². The van der Waals surface area contributed by atoms with Gasteiger partial charge in [-0.1, -0.05) is 6.58 Å². The molecule has 5 heteroatoms. The zero-order valence-electron chi connectivity index (χ0n) is 8.98. The summed E-state index contributed by atoms with van der Waals surface area (Å²) in [6, 6.07) is 0. The summed E-state index contributed by atoms with van der Waals surface area (Å²) in [7, 11) is 0. The molecule has 0 spiro atoms. The third-order valence-electron chi connectivity index (χ3n) is 1.51. The van der Waals surface area contributed by atoms with Gasteiger partial charge in [-0.15, -0.1) is 0 Å². The third-order valence-corrected chi connectivity index (χ3v) is 1.51. The van der Waals surface area contributed by atoms with Crippen LogP contribution in [0.25, 0.3) is 0 Å². The number of ether oxygens (including phenoxy) is 3. The number of hydrogen-bond donors (Lipinski definition) is 2. The van der Waals surface area contributed by atoms with E-state index in [2.05, 4.69) is 6.58 Å². The van der Waals surface area contributed by atoms with Crippen molar-refractivity contribution in [1.82, 2.24) is 0 Å². The van der Waals surface area contributed by atoms with Gasteiger partial charge in [0.2, 0.25) is 0 Å². The average molecular weight is 220 g/mol. The molecular formula is C10H20O5. The van der Waals surface area contributed by atoms with Crippen LogP contribution in [0.1, 0.15) is 6.42 Å². The van der Waals surface area contributed by atoms with Gasteiger partial charge in [0.15, 0.2) is 0 Å². The van der Waals surface area contributed by atoms with Crippen LogP contribution in [0.5, 0.6) is 0 Å². The zero-order chi connectivity index (χ0) is 11.4. The summed E-state index contributed by atoms with van der Waals surface area (Å²) < 4.78 is 15.3. The highest BCUT2D eigenvalue weighted by atomic mass is 16.5. The highest BCUT2D eigenvalue weighted by Gasteiger charge is 1.92. The quantitative estimate of drug-likeness (QED) is 0.392. The molecule has 0 aromatic heterocycles. The molecule has 0 radical (unpaired) electrons. The number of rotatable bonds is 11. The molecule has 2 N–H and O–H groups in total. The molecule has 0 bridgehead atoms. The fourth-order valence-electron chi connectivity index (χ4n) is 0.796. The van der Waals surface area contributed by atoms with Crippen molar-refractivity contribution >= 4 is 0 Å². The van der Waals surface area contributed by atoms with Gasteiger partial charge in [-0.3, -0.25) is 0 Å². The Hall–Kier alpha value is -0.620. The van der Waals surface area contributed by atoms with Gasteiger partial charge in [-0.25, -0.2) is 0 Å². The predicted molar refractivity (Wildman–Crippen MR) is 55.9 cm³/mol. The summed E-state index contributed by atoms with van der Waals surface area (Å²) >= 11 is 0. The molecule has 90 valence electrons. The van der Waals surface area contributed by atoms with Crippen LogP contribution in [-0.2, 0) is 14.2 Å². The first kappa shape index (κ1) is 14.4. The van der Waals surface area contributed by atoms with Crippen LogP contribution >= 0.6 is 0 Å². The second-order valence-corrected chi connectivity index (χ2v) is 2.88. The van der Waals surface area contributed by atoms with E-state index in [1.165, 1.54) is 0 Å². The Morgan fingerprint density at radius 1 is 0.867 bits per heavy atom. The second-order valence-electron chi connectivity index (χ2n) is 2.88. The molecule has 0 amide bonds. The van der Waals surface area contributed by atoms with E-state index in [1.807, 2.05) is 0 Å². The minimum Gasteiger partial charge on any atom is -0.513 e. The van der Waals surface area contributed by atoms with Crippen molar-refractivity contribution in [3.63, 3.8) is 0 Å². The molecule has 0 aromatic carbocycles. The molecule has 0 atom stereocenters. The normalized spacial score (nSPS) is 10.5. The van der Waals surface area contributed by atoms with Crippen molar-refractivity contribution in [2.24, 2.45) is 0 Å². The first-order chi connectivity index (χ1) is 7.27. The summed E-state index contributed by atoms with van der Waals surface area (Å²) in [5, 5.41) is 17.1. The summed E-state index contributed by atoms with van der Waals surface area (Å²) in [6.45, 7) is 6.15. The van der Waals surface area contributed by atoms with Gasteiger partial charge >= 0.3 is 0 Å². The Bertz CT molecular complexity index is 149. The van der Waals surface area contributed by atoms with Gasteiger partial charge in [0.05, 0.1) is 52.0 Å². The van der Waals surface area contributed by atoms with Gasteiger partial charge in [-0.2, -0.15) is 0 Å². The number of aliphatic hydroxyl groups is 2. The standard InChI is InChI=1S/C10H20O5/c1-10(12)2-4-13-6-8-15-9-7-14-5-3-11/h11-12H,1-9H2. The smallest absolute Gasteiger partial charge is 0.0874 e. The monoisotopic (exact) mass is 220 g/mol. The van der Waals surface area contributed by atoms with Crippen molar-refractivity contribution in [2.75, 3.05) is 46.2 Å². The van der Waals surface area contributed by atoms with Crippen molar-refractivity contribution in [1.29, 1.82) is 0 Å². The van der Waals surface area contributed by atoms with Gasteiger partial charge in [-0.05, 0) is 0 Å². The van der Waals surface area contributed by atoms with Crippen molar-refractivity contribution in [3.05, 3.63) is 12.3 Å². The van der Waals surface area contributed by atoms with Crippen LogP contribution in [-0.4, -0.2) is 56.5 Å². The average Bonchev–Trinajstić information content (AvgIpc) is 2.20. The maximum absolute atomic E-state index is 8.73. The van der Waals surface area contributed by atoms with Gasteiger partial charge in [0, 0.05) is 6.42 Å². The van der Waals surface area contributed by atoms with E-state index in [4.69, 9.17) is 24.4 Å². The van der Waals surface area contributed by atoms with E-state index in [0.717, 1.165) is 0 Å². The molecule has 0 aromatic rings. The van der Waals surface area contributed by atoms with Gasteiger partial charge in [0.1, 0.15) is 0 Å². The highest BCUT2D eigenvalue weighted by molar-refractivity contribution is 4.77. The van der Waals surface area contributed by atoms with Crippen LogP contribution in [0.3, 0.4) is 0 Å². The zero-order valence-corrected chi connectivity index (χ0v) is 8.98. The Morgan fingerprint density at radius 3 is 1.80 bits per heavy atom. The fourth-order valence-corrected chi connectivity index (χ4v) is 0.796. The summed E-state index contributed by atoms with van der Waals surface area (Å²) in [4.78, 5) is 0. The molecule has 0 aliphatic rings. The molecule has 0 aliphatic heterocycles. The molecule has 0 heterocycles. The van der Waals surface area contributed by atoms with Crippen LogP contribution in [0.2, 0.25) is 0 Å². The molecule has 0 saturated heterocycles. The van der Waals surface area contributed by atoms with E-state index in [1.54, 1.807) is 0 Å². The summed E-state index contributed by atoms with van der Waals surface area (Å²) in [5.41, 5.74) is 0. The molecule has 0 saturated carbocycles. The Morgan fingerprint density at radius 2 is 1.33 bits per heavy atom. The van der Waals surface area contributed by atoms with Crippen LogP contribution in [0.15, 0.2) is 12.3 Å². The predicted octanol–water partition coefficient (Wildman–Crippen LogP) is 0.490. The molecule has 5 nitrogen and oxygen atoms in total. The molecule has 0 aliphatic carbocycles. The Balaban J connectivity index is 2.89. The lowest BCUT2D eigenvalue weighted by Gasteiger charge is -2.05. The lowest BCUT2D eigenvalue weighted by molar-refractivity contribution is 0.00742. The maximum atomic E-state index is 8.73. The van der Waals surface area contributed by atoms with Crippen LogP contribution in [0.4, 0.5) is 0 Å². The number of hydrogen-bond acceptors (Lipinski definition) is 5. The topological polar surface area (TPSA) is 68.2 Å². The van der Waals surface area contributed by atoms with Gasteiger partial charge < -0.3 is 24.4 Å². The first-order valence-electron chi connectivity index (χ1n) is 4.98. The first-order valence-corrected chi connectivity index (χ1v) is 4.98. The van der Waals surface area contributed by atoms with Crippen molar-refractivity contribution < 1.29 is 24.4 Å².